The topological polar surface area (TPSA) is 9.23 Å². The van der Waals surface area contributed by atoms with Crippen LogP contribution in [0.2, 0.25) is 0 Å². The van der Waals surface area contributed by atoms with E-state index in [4.69, 9.17) is 4.74 Å². The fourth-order valence-electron chi connectivity index (χ4n) is 2.05. The van der Waals surface area contributed by atoms with Crippen molar-refractivity contribution in [2.24, 2.45) is 0 Å². The Bertz CT molecular complexity index is 647. The molecule has 0 N–H and O–H groups in total. The van der Waals surface area contributed by atoms with Gasteiger partial charge in [0, 0.05) is 6.07 Å². The molecule has 0 saturated heterocycles. The summed E-state index contributed by atoms with van der Waals surface area (Å²) in [4.78, 5) is 0. The van der Waals surface area contributed by atoms with Crippen LogP contribution in [0.5, 0.6) is 11.5 Å². The summed E-state index contributed by atoms with van der Waals surface area (Å²) in [5.41, 5.74) is 0.871. The van der Waals surface area contributed by atoms with Crippen molar-refractivity contribution in [1.29, 1.82) is 0 Å². The molecule has 112 valence electrons. The van der Waals surface area contributed by atoms with Crippen molar-refractivity contribution >= 4 is 0 Å². The quantitative estimate of drug-likeness (QED) is 0.679. The van der Waals surface area contributed by atoms with Gasteiger partial charge < -0.3 is 4.74 Å². The summed E-state index contributed by atoms with van der Waals surface area (Å²) in [5.74, 6) is -0.852. The van der Waals surface area contributed by atoms with Gasteiger partial charge in [-0.05, 0) is 48.7 Å². The molecule has 0 aliphatic heterocycles. The van der Waals surface area contributed by atoms with Crippen molar-refractivity contribution in [3.8, 4) is 11.5 Å². The summed E-state index contributed by atoms with van der Waals surface area (Å²) < 4.78 is 56.2. The minimum absolute atomic E-state index is 0.0316. The number of alkyl halides is 3. The number of halogens is 4. The van der Waals surface area contributed by atoms with Gasteiger partial charge in [0.2, 0.25) is 0 Å². The lowest BCUT2D eigenvalue weighted by molar-refractivity contribution is -0.140. The first kappa shape index (κ1) is 15.4. The van der Waals surface area contributed by atoms with Crippen LogP contribution in [-0.4, -0.2) is 0 Å². The molecule has 0 aliphatic carbocycles. The molecular weight excluding hydrogens is 284 g/mol. The molecule has 21 heavy (non-hydrogen) atoms. The molecule has 2 aromatic rings. The SMILES string of the molecule is CCc1ccc(Oc2ccc(C(F)(F)F)c(F)c2)cc1C. The van der Waals surface area contributed by atoms with Gasteiger partial charge in [0.25, 0.3) is 0 Å². The summed E-state index contributed by atoms with van der Waals surface area (Å²) in [7, 11) is 0. The average Bonchev–Trinajstić information content (AvgIpc) is 2.37. The minimum Gasteiger partial charge on any atom is -0.457 e. The molecule has 5 heteroatoms. The highest BCUT2D eigenvalue weighted by atomic mass is 19.4. The van der Waals surface area contributed by atoms with Crippen LogP contribution in [0.3, 0.4) is 0 Å². The van der Waals surface area contributed by atoms with E-state index in [1.165, 1.54) is 0 Å². The summed E-state index contributed by atoms with van der Waals surface area (Å²) in [6, 6.07) is 7.89. The molecule has 0 radical (unpaired) electrons. The van der Waals surface area contributed by atoms with Gasteiger partial charge in [-0.2, -0.15) is 13.2 Å². The van der Waals surface area contributed by atoms with Crippen LogP contribution in [-0.2, 0) is 12.6 Å². The third-order valence-corrected chi connectivity index (χ3v) is 3.18. The summed E-state index contributed by atoms with van der Waals surface area (Å²) in [6.07, 6.45) is -3.83. The fourth-order valence-corrected chi connectivity index (χ4v) is 2.05. The van der Waals surface area contributed by atoms with E-state index in [1.807, 2.05) is 19.9 Å². The van der Waals surface area contributed by atoms with Crippen molar-refractivity contribution in [2.45, 2.75) is 26.4 Å². The van der Waals surface area contributed by atoms with Gasteiger partial charge in [-0.25, -0.2) is 4.39 Å². The normalized spacial score (nSPS) is 11.5. The number of hydrogen-bond donors (Lipinski definition) is 0. The summed E-state index contributed by atoms with van der Waals surface area (Å²) in [6.45, 7) is 3.94. The maximum absolute atomic E-state index is 13.4. The zero-order chi connectivity index (χ0) is 15.6. The number of benzene rings is 2. The third kappa shape index (κ3) is 3.54. The summed E-state index contributed by atoms with van der Waals surface area (Å²) in [5, 5.41) is 0. The van der Waals surface area contributed by atoms with Gasteiger partial charge in [0.1, 0.15) is 17.3 Å². The van der Waals surface area contributed by atoms with Crippen LogP contribution >= 0.6 is 0 Å². The number of aryl methyl sites for hydroxylation is 2. The van der Waals surface area contributed by atoms with Crippen LogP contribution in [0.25, 0.3) is 0 Å². The Kier molecular flexibility index (Phi) is 4.21. The first-order valence-corrected chi connectivity index (χ1v) is 6.45. The number of hydrogen-bond acceptors (Lipinski definition) is 1. The van der Waals surface area contributed by atoms with E-state index in [9.17, 15) is 17.6 Å². The van der Waals surface area contributed by atoms with Crippen LogP contribution < -0.4 is 4.74 Å². The molecule has 0 amide bonds. The van der Waals surface area contributed by atoms with E-state index in [-0.39, 0.29) is 5.75 Å². The largest absolute Gasteiger partial charge is 0.457 e. The highest BCUT2D eigenvalue weighted by Gasteiger charge is 2.34. The highest BCUT2D eigenvalue weighted by Crippen LogP contribution is 2.34. The van der Waals surface area contributed by atoms with E-state index in [0.29, 0.717) is 11.8 Å². The Balaban J connectivity index is 2.24. The Hall–Kier alpha value is -2.04. The lowest BCUT2D eigenvalue weighted by atomic mass is 10.1. The lowest BCUT2D eigenvalue weighted by Crippen LogP contribution is -2.07. The second-order valence-electron chi connectivity index (χ2n) is 4.68. The highest BCUT2D eigenvalue weighted by molar-refractivity contribution is 5.39. The van der Waals surface area contributed by atoms with Gasteiger partial charge in [-0.3, -0.25) is 0 Å². The molecule has 0 heterocycles. The van der Waals surface area contributed by atoms with Crippen LogP contribution in [0.1, 0.15) is 23.6 Å². The van der Waals surface area contributed by atoms with Crippen molar-refractivity contribution in [3.05, 3.63) is 58.9 Å². The maximum atomic E-state index is 13.4. The number of ether oxygens (including phenoxy) is 1. The van der Waals surface area contributed by atoms with Crippen molar-refractivity contribution in [1.82, 2.24) is 0 Å². The second-order valence-corrected chi connectivity index (χ2v) is 4.68. The minimum atomic E-state index is -4.71. The number of rotatable bonds is 3. The van der Waals surface area contributed by atoms with Crippen LogP contribution in [0.15, 0.2) is 36.4 Å². The van der Waals surface area contributed by atoms with Crippen molar-refractivity contribution in [3.63, 3.8) is 0 Å². The molecule has 1 nitrogen and oxygen atoms in total. The Labute approximate surface area is 120 Å². The predicted molar refractivity (Wildman–Crippen MR) is 72.0 cm³/mol. The molecule has 0 saturated carbocycles. The summed E-state index contributed by atoms with van der Waals surface area (Å²) >= 11 is 0. The molecule has 2 aromatic carbocycles. The first-order chi connectivity index (χ1) is 9.81. The standard InChI is InChI=1S/C16H14F4O/c1-3-11-4-5-12(8-10(11)2)21-13-6-7-14(15(17)9-13)16(18,19)20/h4-9H,3H2,1-2H3. The van der Waals surface area contributed by atoms with Crippen molar-refractivity contribution in [2.75, 3.05) is 0 Å². The fraction of sp³-hybridized carbons (Fsp3) is 0.250. The Morgan fingerprint density at radius 3 is 2.14 bits per heavy atom. The smallest absolute Gasteiger partial charge is 0.419 e. The zero-order valence-electron chi connectivity index (χ0n) is 11.6. The third-order valence-electron chi connectivity index (χ3n) is 3.18. The Morgan fingerprint density at radius 2 is 1.62 bits per heavy atom. The van der Waals surface area contributed by atoms with E-state index in [1.54, 1.807) is 12.1 Å². The van der Waals surface area contributed by atoms with Crippen LogP contribution in [0.4, 0.5) is 17.6 Å². The van der Waals surface area contributed by atoms with Gasteiger partial charge in [0.05, 0.1) is 5.56 Å². The first-order valence-electron chi connectivity index (χ1n) is 6.45. The van der Waals surface area contributed by atoms with Gasteiger partial charge in [0.15, 0.2) is 0 Å². The molecule has 0 aromatic heterocycles. The second kappa shape index (κ2) is 5.76. The molecule has 0 fully saturated rings. The Morgan fingerprint density at radius 1 is 1.00 bits per heavy atom. The van der Waals surface area contributed by atoms with E-state index >= 15 is 0 Å². The zero-order valence-corrected chi connectivity index (χ0v) is 11.6. The van der Waals surface area contributed by atoms with E-state index < -0.39 is 17.6 Å². The van der Waals surface area contributed by atoms with Crippen LogP contribution in [0, 0.1) is 12.7 Å². The molecule has 0 atom stereocenters. The molecule has 2 rings (SSSR count). The van der Waals surface area contributed by atoms with E-state index in [0.717, 1.165) is 29.7 Å². The molecule has 0 bridgehead atoms. The molecule has 0 spiro atoms. The predicted octanol–water partition coefficient (Wildman–Crippen LogP) is 5.51. The van der Waals surface area contributed by atoms with Gasteiger partial charge in [-0.15, -0.1) is 0 Å². The lowest BCUT2D eigenvalue weighted by Gasteiger charge is -2.11. The molecular formula is C16H14F4O. The average molecular weight is 298 g/mol. The monoisotopic (exact) mass is 298 g/mol. The van der Waals surface area contributed by atoms with E-state index in [2.05, 4.69) is 0 Å². The van der Waals surface area contributed by atoms with Crippen molar-refractivity contribution < 1.29 is 22.3 Å². The van der Waals surface area contributed by atoms with Gasteiger partial charge in [-0.1, -0.05) is 13.0 Å². The maximum Gasteiger partial charge on any atom is 0.419 e. The molecule has 0 aliphatic rings. The van der Waals surface area contributed by atoms with Gasteiger partial charge >= 0.3 is 6.18 Å². The molecule has 0 unspecified atom stereocenters.